The van der Waals surface area contributed by atoms with Gasteiger partial charge in [-0.1, -0.05) is 121 Å². The van der Waals surface area contributed by atoms with E-state index < -0.39 is 0 Å². The molecule has 7 aromatic carbocycles. The van der Waals surface area contributed by atoms with Crippen LogP contribution in [0.5, 0.6) is 0 Å². The Bertz CT molecular complexity index is 2610. The topological polar surface area (TPSA) is 77.0 Å². The number of furan rings is 2. The summed E-state index contributed by atoms with van der Waals surface area (Å²) >= 11 is 0. The number of fused-ring (bicyclic) bond motifs is 6. The van der Waals surface area contributed by atoms with Gasteiger partial charge in [0.15, 0.2) is 5.84 Å². The fourth-order valence-corrected chi connectivity index (χ4v) is 6.83. The summed E-state index contributed by atoms with van der Waals surface area (Å²) in [4.78, 5) is 10.1. The van der Waals surface area contributed by atoms with Gasteiger partial charge in [-0.05, 0) is 70.3 Å². The standard InChI is InChI=1S/C45H31N3O2/c46-44(30-15-5-2-6-16-30)48-45(47-28-29-13-3-1-4-14-29)33-26-31(34-19-11-23-40-42(34)36-17-7-9-21-38(36)49-40)25-32(27-33)35-20-12-24-41-43(35)37-18-8-10-22-39(37)50-41/h1-27H,28H2,(H2,46,47,48). The van der Waals surface area contributed by atoms with Gasteiger partial charge in [0, 0.05) is 32.7 Å². The first kappa shape index (κ1) is 29.4. The molecular formula is C45H31N3O2. The molecule has 0 bridgehead atoms. The zero-order valence-corrected chi connectivity index (χ0v) is 27.1. The largest absolute Gasteiger partial charge is 0.456 e. The Balaban J connectivity index is 1.32. The van der Waals surface area contributed by atoms with Crippen molar-refractivity contribution in [3.05, 3.63) is 180 Å². The van der Waals surface area contributed by atoms with Crippen molar-refractivity contribution in [2.45, 2.75) is 6.54 Å². The van der Waals surface area contributed by atoms with Crippen molar-refractivity contribution >= 4 is 55.5 Å². The van der Waals surface area contributed by atoms with Crippen LogP contribution in [0.2, 0.25) is 0 Å². The second kappa shape index (κ2) is 12.4. The highest BCUT2D eigenvalue weighted by Gasteiger charge is 2.18. The molecule has 0 atom stereocenters. The van der Waals surface area contributed by atoms with Gasteiger partial charge in [-0.3, -0.25) is 4.99 Å². The summed E-state index contributed by atoms with van der Waals surface area (Å²) in [5, 5.41) is 4.26. The molecular weight excluding hydrogens is 615 g/mol. The first-order valence-corrected chi connectivity index (χ1v) is 16.6. The predicted octanol–water partition coefficient (Wildman–Crippen LogP) is 11.2. The lowest BCUT2D eigenvalue weighted by molar-refractivity contribution is 0.668. The van der Waals surface area contributed by atoms with Crippen LogP contribution in [0.4, 0.5) is 0 Å². The third kappa shape index (κ3) is 5.31. The van der Waals surface area contributed by atoms with E-state index in [1.54, 1.807) is 0 Å². The number of para-hydroxylation sites is 2. The number of nitrogens with zero attached hydrogens (tertiary/aromatic N) is 2. The molecule has 9 rings (SSSR count). The zero-order valence-electron chi connectivity index (χ0n) is 27.1. The molecule has 9 aromatic rings. The van der Waals surface area contributed by atoms with Gasteiger partial charge in [0.2, 0.25) is 0 Å². The number of hydrogen-bond donors (Lipinski definition) is 1. The molecule has 0 aliphatic carbocycles. The predicted molar refractivity (Wildman–Crippen MR) is 206 cm³/mol. The molecule has 2 aromatic heterocycles. The third-order valence-corrected chi connectivity index (χ3v) is 9.17. The highest BCUT2D eigenvalue weighted by atomic mass is 16.3. The molecule has 0 saturated carbocycles. The van der Waals surface area contributed by atoms with Crippen LogP contribution in [-0.4, -0.2) is 11.7 Å². The van der Waals surface area contributed by atoms with E-state index in [0.717, 1.165) is 82.8 Å². The van der Waals surface area contributed by atoms with Crippen molar-refractivity contribution in [2.75, 3.05) is 0 Å². The molecule has 2 N–H and O–H groups in total. The fourth-order valence-electron chi connectivity index (χ4n) is 6.83. The first-order chi connectivity index (χ1) is 24.7. The molecule has 50 heavy (non-hydrogen) atoms. The van der Waals surface area contributed by atoms with Crippen LogP contribution in [0.1, 0.15) is 16.7 Å². The number of benzene rings is 7. The third-order valence-electron chi connectivity index (χ3n) is 9.17. The maximum absolute atomic E-state index is 6.69. The van der Waals surface area contributed by atoms with Gasteiger partial charge < -0.3 is 14.6 Å². The Morgan fingerprint density at radius 2 is 0.980 bits per heavy atom. The molecule has 0 saturated heterocycles. The minimum atomic E-state index is 0.398. The summed E-state index contributed by atoms with van der Waals surface area (Å²) in [6.45, 7) is 0.450. The minimum absolute atomic E-state index is 0.398. The van der Waals surface area contributed by atoms with Crippen LogP contribution in [0.3, 0.4) is 0 Å². The summed E-state index contributed by atoms with van der Waals surface area (Å²) in [7, 11) is 0. The second-order valence-corrected chi connectivity index (χ2v) is 12.3. The van der Waals surface area contributed by atoms with Gasteiger partial charge in [0.25, 0.3) is 0 Å². The first-order valence-electron chi connectivity index (χ1n) is 16.6. The van der Waals surface area contributed by atoms with Crippen LogP contribution in [0.15, 0.2) is 183 Å². The summed E-state index contributed by atoms with van der Waals surface area (Å²) in [6.07, 6.45) is 0. The lowest BCUT2D eigenvalue weighted by Crippen LogP contribution is -2.16. The molecule has 0 fully saturated rings. The van der Waals surface area contributed by atoms with Crippen molar-refractivity contribution < 1.29 is 8.83 Å². The average molecular weight is 646 g/mol. The van der Waals surface area contributed by atoms with Crippen LogP contribution >= 0.6 is 0 Å². The van der Waals surface area contributed by atoms with Gasteiger partial charge in [0.1, 0.15) is 28.2 Å². The normalized spacial score (nSPS) is 12.4. The molecule has 0 unspecified atom stereocenters. The van der Waals surface area contributed by atoms with Crippen molar-refractivity contribution in [3.63, 3.8) is 0 Å². The van der Waals surface area contributed by atoms with E-state index in [4.69, 9.17) is 24.6 Å². The van der Waals surface area contributed by atoms with E-state index in [0.29, 0.717) is 18.2 Å². The number of nitrogens with two attached hydrogens (primary N) is 1. The quantitative estimate of drug-likeness (QED) is 0.144. The molecule has 0 aliphatic heterocycles. The van der Waals surface area contributed by atoms with E-state index in [-0.39, 0.29) is 0 Å². The summed E-state index contributed by atoms with van der Waals surface area (Å²) < 4.78 is 12.6. The lowest BCUT2D eigenvalue weighted by atomic mass is 9.91. The van der Waals surface area contributed by atoms with Crippen molar-refractivity contribution in [3.8, 4) is 22.3 Å². The molecule has 0 radical (unpaired) electrons. The molecule has 238 valence electrons. The van der Waals surface area contributed by atoms with Gasteiger partial charge in [-0.2, -0.15) is 0 Å². The highest BCUT2D eigenvalue weighted by Crippen LogP contribution is 2.41. The van der Waals surface area contributed by atoms with Crippen molar-refractivity contribution in [1.82, 2.24) is 0 Å². The maximum atomic E-state index is 6.69. The lowest BCUT2D eigenvalue weighted by Gasteiger charge is -2.13. The Hall–Kier alpha value is -6.72. The van der Waals surface area contributed by atoms with Gasteiger partial charge in [-0.15, -0.1) is 0 Å². The molecule has 2 heterocycles. The van der Waals surface area contributed by atoms with Gasteiger partial charge >= 0.3 is 0 Å². The number of amidine groups is 2. The minimum Gasteiger partial charge on any atom is -0.456 e. The van der Waals surface area contributed by atoms with E-state index in [2.05, 4.69) is 66.7 Å². The van der Waals surface area contributed by atoms with Crippen LogP contribution < -0.4 is 5.73 Å². The van der Waals surface area contributed by atoms with Gasteiger partial charge in [-0.25, -0.2) is 4.99 Å². The Kier molecular flexibility index (Phi) is 7.29. The average Bonchev–Trinajstić information content (AvgIpc) is 3.76. The van der Waals surface area contributed by atoms with Gasteiger partial charge in [0.05, 0.1) is 6.54 Å². The molecule has 0 spiro atoms. The van der Waals surface area contributed by atoms with E-state index in [1.165, 1.54) is 0 Å². The van der Waals surface area contributed by atoms with E-state index in [1.807, 2.05) is 97.1 Å². The second-order valence-electron chi connectivity index (χ2n) is 12.3. The van der Waals surface area contributed by atoms with Crippen molar-refractivity contribution in [1.29, 1.82) is 0 Å². The Morgan fingerprint density at radius 3 is 1.56 bits per heavy atom. The Morgan fingerprint density at radius 1 is 0.480 bits per heavy atom. The SMILES string of the molecule is NC(=NC(=NCc1ccccc1)c1cc(-c2cccc3oc4ccccc4c23)cc(-c2cccc3oc4ccccc4c23)c1)c1ccccc1. The van der Waals surface area contributed by atoms with E-state index in [9.17, 15) is 0 Å². The van der Waals surface area contributed by atoms with Crippen LogP contribution in [-0.2, 0) is 6.54 Å². The monoisotopic (exact) mass is 645 g/mol. The zero-order chi connectivity index (χ0) is 33.4. The molecule has 0 amide bonds. The number of rotatable bonds is 6. The Labute approximate surface area is 288 Å². The van der Waals surface area contributed by atoms with Crippen LogP contribution in [0, 0.1) is 0 Å². The summed E-state index contributed by atoms with van der Waals surface area (Å²) in [5.41, 5.74) is 17.0. The molecule has 5 heteroatoms. The number of hydrogen-bond acceptors (Lipinski definition) is 3. The fraction of sp³-hybridized carbons (Fsp3) is 0.0222. The van der Waals surface area contributed by atoms with Crippen molar-refractivity contribution in [2.24, 2.45) is 15.7 Å². The molecule has 5 nitrogen and oxygen atoms in total. The maximum Gasteiger partial charge on any atom is 0.157 e. The smallest absolute Gasteiger partial charge is 0.157 e. The molecule has 0 aliphatic rings. The summed E-state index contributed by atoms with van der Waals surface area (Å²) in [5.74, 6) is 0.946. The summed E-state index contributed by atoms with van der Waals surface area (Å²) in [6, 6.07) is 55.4. The van der Waals surface area contributed by atoms with Crippen LogP contribution in [0.25, 0.3) is 66.1 Å². The highest BCUT2D eigenvalue weighted by molar-refractivity contribution is 6.16. The van der Waals surface area contributed by atoms with E-state index >= 15 is 0 Å². The number of aliphatic imine (C=N–C) groups is 2.